The first kappa shape index (κ1) is 17.7. The first-order valence-electron chi connectivity index (χ1n) is 8.01. The maximum Gasteiger partial charge on any atom is 0.0827 e. The molecule has 0 spiro atoms. The van der Waals surface area contributed by atoms with E-state index in [9.17, 15) is 0 Å². The predicted molar refractivity (Wildman–Crippen MR) is 103 cm³/mol. The molecule has 2 aromatic rings. The van der Waals surface area contributed by atoms with Crippen molar-refractivity contribution >= 4 is 11.4 Å². The highest BCUT2D eigenvalue weighted by Crippen LogP contribution is 2.37. The number of aryl methyl sites for hydroxylation is 2. The van der Waals surface area contributed by atoms with Crippen LogP contribution >= 0.6 is 0 Å². The number of rotatable bonds is 6. The van der Waals surface area contributed by atoms with Gasteiger partial charge in [0.1, 0.15) is 0 Å². The summed E-state index contributed by atoms with van der Waals surface area (Å²) < 4.78 is 5.00. The summed E-state index contributed by atoms with van der Waals surface area (Å²) in [6, 6.07) is 12.2. The zero-order valence-electron chi connectivity index (χ0n) is 14.7. The highest BCUT2D eigenvalue weighted by atomic mass is 16.5. The van der Waals surface area contributed by atoms with Crippen molar-refractivity contribution < 1.29 is 4.74 Å². The van der Waals surface area contributed by atoms with Gasteiger partial charge in [0, 0.05) is 17.3 Å². The van der Waals surface area contributed by atoms with Crippen LogP contribution in [-0.2, 0) is 4.74 Å². The zero-order valence-corrected chi connectivity index (χ0v) is 14.7. The quantitative estimate of drug-likeness (QED) is 0.460. The lowest BCUT2D eigenvalue weighted by Gasteiger charge is -2.23. The molecule has 0 unspecified atom stereocenters. The third kappa shape index (κ3) is 4.19. The van der Waals surface area contributed by atoms with Crippen LogP contribution in [0.15, 0.2) is 60.9 Å². The molecule has 4 N–H and O–H groups in total. The molecule has 0 heterocycles. The van der Waals surface area contributed by atoms with Crippen LogP contribution in [-0.4, -0.2) is 7.11 Å². The van der Waals surface area contributed by atoms with Gasteiger partial charge in [-0.25, -0.2) is 0 Å². The van der Waals surface area contributed by atoms with E-state index in [0.29, 0.717) is 0 Å². The second-order valence-electron chi connectivity index (χ2n) is 6.22. The van der Waals surface area contributed by atoms with E-state index in [1.165, 1.54) is 11.1 Å². The van der Waals surface area contributed by atoms with Crippen molar-refractivity contribution in [3.63, 3.8) is 0 Å². The Hall–Kier alpha value is -2.68. The van der Waals surface area contributed by atoms with Crippen molar-refractivity contribution in [2.24, 2.45) is 0 Å². The van der Waals surface area contributed by atoms with E-state index in [1.54, 1.807) is 13.4 Å². The summed E-state index contributed by atoms with van der Waals surface area (Å²) in [7, 11) is 1.62. The lowest BCUT2D eigenvalue weighted by molar-refractivity contribution is 0.337. The molecule has 0 saturated carbocycles. The van der Waals surface area contributed by atoms with Crippen molar-refractivity contribution in [3.05, 3.63) is 83.1 Å². The van der Waals surface area contributed by atoms with Gasteiger partial charge >= 0.3 is 0 Å². The molecule has 0 atom stereocenters. The van der Waals surface area contributed by atoms with Crippen LogP contribution in [0.4, 0.5) is 11.4 Å². The molecule has 24 heavy (non-hydrogen) atoms. The molecule has 3 heteroatoms. The monoisotopic (exact) mass is 322 g/mol. The summed E-state index contributed by atoms with van der Waals surface area (Å²) in [5.41, 5.74) is 19.6. The van der Waals surface area contributed by atoms with Crippen LogP contribution in [0.5, 0.6) is 0 Å². The fourth-order valence-corrected chi connectivity index (χ4v) is 2.87. The van der Waals surface area contributed by atoms with Gasteiger partial charge < -0.3 is 16.2 Å². The molecule has 0 aliphatic rings. The second-order valence-corrected chi connectivity index (χ2v) is 6.22. The fourth-order valence-electron chi connectivity index (χ4n) is 2.87. The molecule has 0 aliphatic heterocycles. The first-order chi connectivity index (χ1) is 11.4. The van der Waals surface area contributed by atoms with Gasteiger partial charge in [-0.2, -0.15) is 0 Å². The summed E-state index contributed by atoms with van der Waals surface area (Å²) in [5.74, 6) is 0.0545. The number of nitrogen functional groups attached to an aromatic ring is 2. The molecular formula is C21H26N2O. The number of methoxy groups -OCH3 is 1. The van der Waals surface area contributed by atoms with Crippen LogP contribution in [0.3, 0.4) is 0 Å². The third-order valence-corrected chi connectivity index (χ3v) is 4.14. The van der Waals surface area contributed by atoms with E-state index >= 15 is 0 Å². The number of anilines is 2. The predicted octanol–water partition coefficient (Wildman–Crippen LogP) is 4.71. The molecule has 2 rings (SSSR count). The zero-order chi connectivity index (χ0) is 17.7. The Morgan fingerprint density at radius 2 is 1.54 bits per heavy atom. The Morgan fingerprint density at radius 3 is 2.00 bits per heavy atom. The number of benzene rings is 2. The average molecular weight is 322 g/mol. The van der Waals surface area contributed by atoms with Crippen LogP contribution in [0, 0.1) is 13.8 Å². The molecule has 0 bridgehead atoms. The Labute approximate surface area is 144 Å². The summed E-state index contributed by atoms with van der Waals surface area (Å²) in [6.45, 7) is 8.28. The summed E-state index contributed by atoms with van der Waals surface area (Å²) in [6.07, 6.45) is 4.24. The molecular weight excluding hydrogens is 296 g/mol. The Kier molecular flexibility index (Phi) is 5.69. The van der Waals surface area contributed by atoms with E-state index in [-0.39, 0.29) is 5.92 Å². The smallest absolute Gasteiger partial charge is 0.0827 e. The SMILES string of the molecule is C=C(/C=C\OC)CC(c1cc(C)ccc1N)c1cc(C)ccc1N. The standard InChI is InChI=1S/C21H26N2O/c1-14-5-7-20(22)18(12-14)17(11-16(3)9-10-24-4)19-13-15(2)6-8-21(19)23/h5-10,12-13,17H,3,11,22-23H2,1-2,4H3/b10-9-. The number of allylic oxidation sites excluding steroid dienone is 2. The average Bonchev–Trinajstić information content (AvgIpc) is 2.55. The van der Waals surface area contributed by atoms with Crippen LogP contribution in [0.1, 0.15) is 34.6 Å². The van der Waals surface area contributed by atoms with Crippen LogP contribution in [0.2, 0.25) is 0 Å². The minimum absolute atomic E-state index is 0.0545. The second kappa shape index (κ2) is 7.73. The van der Waals surface area contributed by atoms with Gasteiger partial charge in [-0.3, -0.25) is 0 Å². The van der Waals surface area contributed by atoms with Gasteiger partial charge in [-0.15, -0.1) is 0 Å². The van der Waals surface area contributed by atoms with Crippen molar-refractivity contribution in [1.82, 2.24) is 0 Å². The van der Waals surface area contributed by atoms with Gasteiger partial charge in [-0.05, 0) is 49.6 Å². The molecule has 2 aromatic carbocycles. The molecule has 0 aromatic heterocycles. The molecule has 0 fully saturated rings. The van der Waals surface area contributed by atoms with E-state index in [2.05, 4.69) is 32.6 Å². The maximum atomic E-state index is 6.28. The number of ether oxygens (including phenoxy) is 1. The van der Waals surface area contributed by atoms with Crippen molar-refractivity contribution in [1.29, 1.82) is 0 Å². The van der Waals surface area contributed by atoms with Gasteiger partial charge in [0.05, 0.1) is 13.4 Å². The summed E-state index contributed by atoms with van der Waals surface area (Å²) in [4.78, 5) is 0. The van der Waals surface area contributed by atoms with Gasteiger partial charge in [-0.1, -0.05) is 47.5 Å². The number of hydrogen-bond donors (Lipinski definition) is 2. The van der Waals surface area contributed by atoms with Gasteiger partial charge in [0.15, 0.2) is 0 Å². The molecule has 0 saturated heterocycles. The molecule has 126 valence electrons. The van der Waals surface area contributed by atoms with Gasteiger partial charge in [0.25, 0.3) is 0 Å². The Bertz CT molecular complexity index is 711. The lowest BCUT2D eigenvalue weighted by Crippen LogP contribution is -2.09. The molecule has 3 nitrogen and oxygen atoms in total. The number of nitrogens with two attached hydrogens (primary N) is 2. The first-order valence-corrected chi connectivity index (χ1v) is 8.01. The molecule has 0 amide bonds. The topological polar surface area (TPSA) is 61.3 Å². The Balaban J connectivity index is 2.52. The minimum atomic E-state index is 0.0545. The Morgan fingerprint density at radius 1 is 1.04 bits per heavy atom. The van der Waals surface area contributed by atoms with Crippen LogP contribution < -0.4 is 11.5 Å². The van der Waals surface area contributed by atoms with E-state index in [1.807, 2.05) is 30.3 Å². The molecule has 0 radical (unpaired) electrons. The van der Waals surface area contributed by atoms with Gasteiger partial charge in [0.2, 0.25) is 0 Å². The minimum Gasteiger partial charge on any atom is -0.504 e. The summed E-state index contributed by atoms with van der Waals surface area (Å²) >= 11 is 0. The maximum absolute atomic E-state index is 6.28. The highest BCUT2D eigenvalue weighted by molar-refractivity contribution is 5.59. The highest BCUT2D eigenvalue weighted by Gasteiger charge is 2.20. The van der Waals surface area contributed by atoms with Crippen LogP contribution in [0.25, 0.3) is 0 Å². The molecule has 0 aliphatic carbocycles. The third-order valence-electron chi connectivity index (χ3n) is 4.14. The largest absolute Gasteiger partial charge is 0.504 e. The fraction of sp³-hybridized carbons (Fsp3) is 0.238. The van der Waals surface area contributed by atoms with E-state index in [0.717, 1.165) is 34.5 Å². The van der Waals surface area contributed by atoms with E-state index < -0.39 is 0 Å². The lowest BCUT2D eigenvalue weighted by atomic mass is 9.83. The van der Waals surface area contributed by atoms with E-state index in [4.69, 9.17) is 16.2 Å². The number of hydrogen-bond acceptors (Lipinski definition) is 3. The summed E-state index contributed by atoms with van der Waals surface area (Å²) in [5, 5.41) is 0. The van der Waals surface area contributed by atoms with Crippen molar-refractivity contribution in [2.45, 2.75) is 26.2 Å². The van der Waals surface area contributed by atoms with Crippen molar-refractivity contribution in [3.8, 4) is 0 Å². The van der Waals surface area contributed by atoms with Crippen molar-refractivity contribution in [2.75, 3.05) is 18.6 Å². The normalized spacial score (nSPS) is 11.2.